The van der Waals surface area contributed by atoms with Crippen molar-refractivity contribution in [1.29, 1.82) is 0 Å². The van der Waals surface area contributed by atoms with Gasteiger partial charge in [-0.1, -0.05) is 30.7 Å². The van der Waals surface area contributed by atoms with E-state index < -0.39 is 0 Å². The summed E-state index contributed by atoms with van der Waals surface area (Å²) >= 11 is 1.49. The van der Waals surface area contributed by atoms with E-state index in [-0.39, 0.29) is 23.7 Å². The topological polar surface area (TPSA) is 84.0 Å². The standard InChI is InChI=1S/C20H22N4O2S/c1-27-20-21-10-13(11-22-20)16-9-18(25)24-17-8-14(6-7-15(16)17)23-19(26)12-4-2-3-5-12/h6-8,10-12,16H,2-5,9H2,1H3,(H,23,26)(H,24,25). The lowest BCUT2D eigenvalue weighted by Crippen LogP contribution is -2.24. The number of aromatic nitrogens is 2. The lowest BCUT2D eigenvalue weighted by Gasteiger charge is -2.26. The average molecular weight is 382 g/mol. The van der Waals surface area contributed by atoms with Gasteiger partial charge >= 0.3 is 0 Å². The maximum atomic E-state index is 12.4. The molecular formula is C20H22N4O2S. The number of thioether (sulfide) groups is 1. The third-order valence-electron chi connectivity index (χ3n) is 5.32. The van der Waals surface area contributed by atoms with Crippen LogP contribution in [-0.4, -0.2) is 28.0 Å². The number of carbonyl (C=O) groups excluding carboxylic acids is 2. The summed E-state index contributed by atoms with van der Waals surface area (Å²) in [4.78, 5) is 33.3. The maximum absolute atomic E-state index is 12.4. The Morgan fingerprint density at radius 3 is 2.67 bits per heavy atom. The third kappa shape index (κ3) is 3.83. The molecule has 140 valence electrons. The highest BCUT2D eigenvalue weighted by molar-refractivity contribution is 7.98. The van der Waals surface area contributed by atoms with Gasteiger partial charge in [0, 0.05) is 42.0 Å². The fraction of sp³-hybridized carbons (Fsp3) is 0.400. The van der Waals surface area contributed by atoms with E-state index in [2.05, 4.69) is 20.6 Å². The Bertz CT molecular complexity index is 863. The molecule has 2 aliphatic rings. The van der Waals surface area contributed by atoms with Gasteiger partial charge in [0.15, 0.2) is 5.16 Å². The van der Waals surface area contributed by atoms with Crippen LogP contribution in [0.15, 0.2) is 35.7 Å². The SMILES string of the molecule is CSc1ncc(C2CC(=O)Nc3cc(NC(=O)C4CCCC4)ccc32)cn1. The Labute approximate surface area is 162 Å². The van der Waals surface area contributed by atoms with Crippen molar-refractivity contribution in [2.24, 2.45) is 5.92 Å². The molecule has 2 aromatic rings. The second kappa shape index (κ2) is 7.68. The minimum Gasteiger partial charge on any atom is -0.326 e. The van der Waals surface area contributed by atoms with Crippen LogP contribution in [0, 0.1) is 5.92 Å². The van der Waals surface area contributed by atoms with Crippen LogP contribution in [0.5, 0.6) is 0 Å². The smallest absolute Gasteiger partial charge is 0.227 e. The first-order chi connectivity index (χ1) is 13.1. The molecule has 0 spiro atoms. The summed E-state index contributed by atoms with van der Waals surface area (Å²) in [6, 6.07) is 5.74. The molecule has 0 saturated heterocycles. The lowest BCUT2D eigenvalue weighted by molar-refractivity contribution is -0.119. The summed E-state index contributed by atoms with van der Waals surface area (Å²) in [5, 5.41) is 6.64. The largest absolute Gasteiger partial charge is 0.326 e. The molecule has 0 radical (unpaired) electrons. The van der Waals surface area contributed by atoms with Gasteiger partial charge in [0.05, 0.1) is 0 Å². The molecule has 1 saturated carbocycles. The molecule has 1 aromatic heterocycles. The van der Waals surface area contributed by atoms with Crippen molar-refractivity contribution in [3.05, 3.63) is 41.7 Å². The monoisotopic (exact) mass is 382 g/mol. The van der Waals surface area contributed by atoms with E-state index >= 15 is 0 Å². The van der Waals surface area contributed by atoms with Crippen LogP contribution in [-0.2, 0) is 9.59 Å². The Kier molecular flexibility index (Phi) is 5.11. The molecule has 6 nitrogen and oxygen atoms in total. The van der Waals surface area contributed by atoms with Gasteiger partial charge < -0.3 is 10.6 Å². The predicted molar refractivity (Wildman–Crippen MR) is 106 cm³/mol. The number of anilines is 2. The van der Waals surface area contributed by atoms with Crippen LogP contribution in [0.25, 0.3) is 0 Å². The van der Waals surface area contributed by atoms with Gasteiger partial charge in [-0.3, -0.25) is 9.59 Å². The summed E-state index contributed by atoms with van der Waals surface area (Å²) in [5.74, 6) is 0.0626. The number of benzene rings is 1. The van der Waals surface area contributed by atoms with E-state index in [4.69, 9.17) is 0 Å². The van der Waals surface area contributed by atoms with Gasteiger partial charge in [0.2, 0.25) is 11.8 Å². The molecule has 1 atom stereocenters. The van der Waals surface area contributed by atoms with E-state index in [1.54, 1.807) is 12.4 Å². The molecule has 2 amide bonds. The zero-order chi connectivity index (χ0) is 18.8. The van der Waals surface area contributed by atoms with Gasteiger partial charge in [0.1, 0.15) is 0 Å². The third-order valence-corrected chi connectivity index (χ3v) is 5.89. The summed E-state index contributed by atoms with van der Waals surface area (Å²) in [6.45, 7) is 0. The lowest BCUT2D eigenvalue weighted by atomic mass is 9.86. The molecule has 1 unspecified atom stereocenters. The molecule has 0 bridgehead atoms. The van der Waals surface area contributed by atoms with Crippen molar-refractivity contribution < 1.29 is 9.59 Å². The first kappa shape index (κ1) is 18.0. The van der Waals surface area contributed by atoms with Crippen molar-refractivity contribution in [2.45, 2.75) is 43.2 Å². The number of amides is 2. The van der Waals surface area contributed by atoms with Gasteiger partial charge in [-0.05, 0) is 42.4 Å². The second-order valence-electron chi connectivity index (χ2n) is 7.08. The molecule has 1 aromatic carbocycles. The van der Waals surface area contributed by atoms with Gasteiger partial charge in [-0.15, -0.1) is 0 Å². The van der Waals surface area contributed by atoms with E-state index in [1.807, 2.05) is 24.5 Å². The second-order valence-corrected chi connectivity index (χ2v) is 7.85. The Balaban J connectivity index is 1.58. The molecule has 4 rings (SSSR count). The number of fused-ring (bicyclic) bond motifs is 1. The molecule has 2 N–H and O–H groups in total. The number of carbonyl (C=O) groups is 2. The summed E-state index contributed by atoms with van der Waals surface area (Å²) in [7, 11) is 0. The quantitative estimate of drug-likeness (QED) is 0.621. The average Bonchev–Trinajstić information content (AvgIpc) is 3.22. The molecule has 7 heteroatoms. The van der Waals surface area contributed by atoms with Crippen LogP contribution >= 0.6 is 11.8 Å². The summed E-state index contributed by atoms with van der Waals surface area (Å²) < 4.78 is 0. The zero-order valence-corrected chi connectivity index (χ0v) is 16.0. The Hall–Kier alpha value is -2.41. The highest BCUT2D eigenvalue weighted by atomic mass is 32.2. The van der Waals surface area contributed by atoms with Crippen LogP contribution in [0.1, 0.15) is 49.1 Å². The number of rotatable bonds is 4. The molecule has 27 heavy (non-hydrogen) atoms. The number of hydrogen-bond donors (Lipinski definition) is 2. The van der Waals surface area contributed by atoms with E-state index in [0.29, 0.717) is 11.6 Å². The van der Waals surface area contributed by atoms with E-state index in [1.165, 1.54) is 11.8 Å². The van der Waals surface area contributed by atoms with Crippen molar-refractivity contribution in [2.75, 3.05) is 16.9 Å². The Morgan fingerprint density at radius 2 is 1.96 bits per heavy atom. The van der Waals surface area contributed by atoms with Crippen LogP contribution < -0.4 is 10.6 Å². The van der Waals surface area contributed by atoms with Gasteiger partial charge in [-0.2, -0.15) is 0 Å². The predicted octanol–water partition coefficient (Wildman–Crippen LogP) is 3.80. The highest BCUT2D eigenvalue weighted by Gasteiger charge is 2.28. The van der Waals surface area contributed by atoms with Gasteiger partial charge in [0.25, 0.3) is 0 Å². The number of nitrogens with one attached hydrogen (secondary N) is 2. The fourth-order valence-corrected chi connectivity index (χ4v) is 4.20. The van der Waals surface area contributed by atoms with Gasteiger partial charge in [-0.25, -0.2) is 9.97 Å². The maximum Gasteiger partial charge on any atom is 0.227 e. The summed E-state index contributed by atoms with van der Waals surface area (Å²) in [6.07, 6.45) is 10.0. The highest BCUT2D eigenvalue weighted by Crippen LogP contribution is 2.38. The van der Waals surface area contributed by atoms with Crippen LogP contribution in [0.4, 0.5) is 11.4 Å². The molecule has 1 fully saturated rings. The first-order valence-corrected chi connectivity index (χ1v) is 10.5. The summed E-state index contributed by atoms with van der Waals surface area (Å²) in [5.41, 5.74) is 3.41. The van der Waals surface area contributed by atoms with E-state index in [9.17, 15) is 9.59 Å². The molecule has 2 heterocycles. The van der Waals surface area contributed by atoms with Crippen LogP contribution in [0.3, 0.4) is 0 Å². The van der Waals surface area contributed by atoms with Crippen molar-refractivity contribution in [3.63, 3.8) is 0 Å². The fourth-order valence-electron chi connectivity index (χ4n) is 3.88. The zero-order valence-electron chi connectivity index (χ0n) is 15.2. The minimum absolute atomic E-state index is 0.0410. The van der Waals surface area contributed by atoms with Crippen molar-refractivity contribution in [1.82, 2.24) is 9.97 Å². The minimum atomic E-state index is -0.0794. The molecule has 1 aliphatic heterocycles. The van der Waals surface area contributed by atoms with Crippen molar-refractivity contribution in [3.8, 4) is 0 Å². The number of nitrogens with zero attached hydrogens (tertiary/aromatic N) is 2. The number of hydrogen-bond acceptors (Lipinski definition) is 5. The molecular weight excluding hydrogens is 360 g/mol. The van der Waals surface area contributed by atoms with Crippen LogP contribution in [0.2, 0.25) is 0 Å². The normalized spacial score (nSPS) is 19.4. The van der Waals surface area contributed by atoms with E-state index in [0.717, 1.165) is 48.2 Å². The first-order valence-electron chi connectivity index (χ1n) is 9.24. The Morgan fingerprint density at radius 1 is 1.22 bits per heavy atom. The van der Waals surface area contributed by atoms with Crippen molar-refractivity contribution >= 4 is 35.0 Å². The molecule has 1 aliphatic carbocycles.